The van der Waals surface area contributed by atoms with Gasteiger partial charge in [-0.25, -0.2) is 14.3 Å². The summed E-state index contributed by atoms with van der Waals surface area (Å²) >= 11 is 0. The minimum atomic E-state index is -0.669. The van der Waals surface area contributed by atoms with Gasteiger partial charge >= 0.3 is 11.9 Å². The van der Waals surface area contributed by atoms with Crippen molar-refractivity contribution >= 4 is 18.2 Å². The quantitative estimate of drug-likeness (QED) is 0.276. The Morgan fingerprint density at radius 2 is 2.13 bits per heavy atom. The van der Waals surface area contributed by atoms with E-state index in [2.05, 4.69) is 4.74 Å². The van der Waals surface area contributed by atoms with Gasteiger partial charge in [-0.2, -0.15) is 0 Å². The lowest BCUT2D eigenvalue weighted by molar-refractivity contribution is -0.443. The van der Waals surface area contributed by atoms with Gasteiger partial charge in [0.1, 0.15) is 0 Å². The van der Waals surface area contributed by atoms with Crippen molar-refractivity contribution in [3.63, 3.8) is 0 Å². The van der Waals surface area contributed by atoms with Crippen LogP contribution in [0.5, 0.6) is 0 Å². The smallest absolute Gasteiger partial charge is 0.331 e. The molecular weight excluding hydrogens is 202 g/mol. The molecule has 0 saturated carbocycles. The lowest BCUT2D eigenvalue weighted by Gasteiger charge is -2.02. The highest BCUT2D eigenvalue weighted by Gasteiger charge is 2.21. The number of hydrogen-bond acceptors (Lipinski definition) is 5. The number of carbonyl (C=O) groups excluding carboxylic acids is 2. The van der Waals surface area contributed by atoms with Gasteiger partial charge in [-0.05, 0) is 0 Å². The highest BCUT2D eigenvalue weighted by Crippen LogP contribution is 2.03. The molecule has 82 valence electrons. The van der Waals surface area contributed by atoms with Crippen LogP contribution in [0.25, 0.3) is 0 Å². The third-order valence-electron chi connectivity index (χ3n) is 1.79. The van der Waals surface area contributed by atoms with Crippen LogP contribution in [0.3, 0.4) is 0 Å². The van der Waals surface area contributed by atoms with E-state index in [1.807, 2.05) is 0 Å². The molecule has 1 aliphatic rings. The van der Waals surface area contributed by atoms with Crippen molar-refractivity contribution in [2.45, 2.75) is 12.5 Å². The summed E-state index contributed by atoms with van der Waals surface area (Å²) in [6.07, 6.45) is 3.18. The van der Waals surface area contributed by atoms with Crippen LogP contribution in [0.4, 0.5) is 0 Å². The van der Waals surface area contributed by atoms with Gasteiger partial charge in [0.15, 0.2) is 18.9 Å². The molecule has 1 heterocycles. The average molecular weight is 213 g/mol. The van der Waals surface area contributed by atoms with E-state index >= 15 is 0 Å². The summed E-state index contributed by atoms with van der Waals surface area (Å²) in [4.78, 5) is 21.7. The molecule has 0 saturated heterocycles. The predicted octanol–water partition coefficient (Wildman–Crippen LogP) is -0.388. The van der Waals surface area contributed by atoms with Gasteiger partial charge in [0.05, 0.1) is 13.5 Å². The summed E-state index contributed by atoms with van der Waals surface area (Å²) in [6.45, 7) is 0.318. The zero-order valence-electron chi connectivity index (χ0n) is 8.21. The number of esters is 2. The molecule has 1 aliphatic heterocycles. The van der Waals surface area contributed by atoms with Crippen molar-refractivity contribution in [3.8, 4) is 0 Å². The topological polar surface area (TPSA) is 78.7 Å². The monoisotopic (exact) mass is 213 g/mol. The van der Waals surface area contributed by atoms with Crippen molar-refractivity contribution in [3.05, 3.63) is 17.4 Å². The van der Waals surface area contributed by atoms with E-state index in [1.54, 1.807) is 0 Å². The number of nitrogens with zero attached hydrogens (tertiary/aromatic N) is 1. The Kier molecular flexibility index (Phi) is 3.84. The second-order valence-corrected chi connectivity index (χ2v) is 2.91. The largest absolute Gasteiger partial charge is 0.624 e. The molecule has 0 amide bonds. The van der Waals surface area contributed by atoms with Crippen LogP contribution in [0.1, 0.15) is 6.42 Å². The lowest BCUT2D eigenvalue weighted by Crippen LogP contribution is -2.16. The Labute approximate surface area is 86.4 Å². The summed E-state index contributed by atoms with van der Waals surface area (Å²) in [7, 11) is 1.21. The van der Waals surface area contributed by atoms with Crippen molar-refractivity contribution in [1.82, 2.24) is 0 Å². The minimum Gasteiger partial charge on any atom is -0.624 e. The fraction of sp³-hybridized carbons (Fsp3) is 0.444. The highest BCUT2D eigenvalue weighted by atomic mass is 16.5. The summed E-state index contributed by atoms with van der Waals surface area (Å²) in [5.41, 5.74) is 0. The Hall–Kier alpha value is -1.85. The van der Waals surface area contributed by atoms with Crippen LogP contribution in [-0.4, -0.2) is 42.7 Å². The van der Waals surface area contributed by atoms with E-state index in [4.69, 9.17) is 4.74 Å². The van der Waals surface area contributed by atoms with Gasteiger partial charge in [-0.1, -0.05) is 0 Å². The van der Waals surface area contributed by atoms with E-state index in [0.29, 0.717) is 17.7 Å². The number of hydroxylamine groups is 1. The van der Waals surface area contributed by atoms with Crippen LogP contribution < -0.4 is 0 Å². The van der Waals surface area contributed by atoms with Gasteiger partial charge in [0.25, 0.3) is 0 Å². The van der Waals surface area contributed by atoms with E-state index < -0.39 is 18.0 Å². The molecule has 0 bridgehead atoms. The molecular formula is C9H11NO5. The maximum atomic E-state index is 11.1. The third kappa shape index (κ3) is 3.80. The zero-order chi connectivity index (χ0) is 11.3. The standard InChI is InChI=1S/C9H11NO5/c1-14-8(11)2-3-9(12)15-7-4-5-10(13)6-7/h2-3,6-7H,4-5H2,1H3/b3-2-/t7-/m1/s1. The highest BCUT2D eigenvalue weighted by molar-refractivity contribution is 5.92. The second kappa shape index (κ2) is 5.14. The number of rotatable bonds is 3. The van der Waals surface area contributed by atoms with Crippen LogP contribution in [0, 0.1) is 5.21 Å². The summed E-state index contributed by atoms with van der Waals surface area (Å²) in [5, 5.41) is 10.7. The van der Waals surface area contributed by atoms with Crippen molar-refractivity contribution in [1.29, 1.82) is 0 Å². The molecule has 1 atom stereocenters. The van der Waals surface area contributed by atoms with Gasteiger partial charge < -0.3 is 14.7 Å². The van der Waals surface area contributed by atoms with E-state index in [0.717, 1.165) is 12.2 Å². The second-order valence-electron chi connectivity index (χ2n) is 2.91. The van der Waals surface area contributed by atoms with Gasteiger partial charge in [-0.15, -0.1) is 0 Å². The summed E-state index contributed by atoms with van der Waals surface area (Å²) < 4.78 is 9.84. The van der Waals surface area contributed by atoms with E-state index in [1.165, 1.54) is 13.3 Å². The summed E-state index contributed by atoms with van der Waals surface area (Å²) in [5.74, 6) is -1.30. The first kappa shape index (κ1) is 11.2. The van der Waals surface area contributed by atoms with Crippen LogP contribution in [-0.2, 0) is 19.1 Å². The number of methoxy groups -OCH3 is 1. The maximum absolute atomic E-state index is 11.1. The molecule has 0 aromatic rings. The molecule has 0 aliphatic carbocycles. The first-order valence-corrected chi connectivity index (χ1v) is 4.37. The normalized spacial score (nSPS) is 20.1. The first-order chi connectivity index (χ1) is 7.11. The molecule has 6 nitrogen and oxygen atoms in total. The first-order valence-electron chi connectivity index (χ1n) is 4.37. The Bertz CT molecular complexity index is 320. The third-order valence-corrected chi connectivity index (χ3v) is 1.79. The minimum absolute atomic E-state index is 0.318. The molecule has 1 rings (SSSR count). The van der Waals surface area contributed by atoms with Crippen LogP contribution in [0.15, 0.2) is 12.2 Å². The van der Waals surface area contributed by atoms with Gasteiger partial charge in [-0.3, -0.25) is 0 Å². The van der Waals surface area contributed by atoms with Gasteiger partial charge in [0.2, 0.25) is 0 Å². The maximum Gasteiger partial charge on any atom is 0.331 e. The molecule has 0 unspecified atom stereocenters. The van der Waals surface area contributed by atoms with Crippen molar-refractivity contribution in [2.75, 3.05) is 13.7 Å². The lowest BCUT2D eigenvalue weighted by atomic mass is 10.3. The Balaban J connectivity index is 2.36. The SMILES string of the molecule is COC(=O)/C=C\C(=O)O[C@H]1C=[N+]([O-])CC1. The molecule has 0 N–H and O–H groups in total. The fourth-order valence-corrected chi connectivity index (χ4v) is 1.07. The van der Waals surface area contributed by atoms with E-state index in [-0.39, 0.29) is 0 Å². The molecule has 0 spiro atoms. The number of ether oxygens (including phenoxy) is 2. The van der Waals surface area contributed by atoms with Crippen molar-refractivity contribution in [2.24, 2.45) is 0 Å². The van der Waals surface area contributed by atoms with E-state index in [9.17, 15) is 14.8 Å². The molecule has 6 heteroatoms. The van der Waals surface area contributed by atoms with Crippen LogP contribution in [0.2, 0.25) is 0 Å². The zero-order valence-corrected chi connectivity index (χ0v) is 8.21. The number of carbonyl (C=O) groups is 2. The average Bonchev–Trinajstić information content (AvgIpc) is 2.60. The Morgan fingerprint density at radius 3 is 2.67 bits per heavy atom. The fourth-order valence-electron chi connectivity index (χ4n) is 1.07. The van der Waals surface area contributed by atoms with Crippen molar-refractivity contribution < 1.29 is 23.8 Å². The van der Waals surface area contributed by atoms with Gasteiger partial charge in [0, 0.05) is 12.2 Å². The molecule has 0 radical (unpaired) electrons. The van der Waals surface area contributed by atoms with Crippen LogP contribution >= 0.6 is 0 Å². The molecule has 15 heavy (non-hydrogen) atoms. The molecule has 0 aromatic carbocycles. The molecule has 0 fully saturated rings. The Morgan fingerprint density at radius 1 is 1.47 bits per heavy atom. The summed E-state index contributed by atoms with van der Waals surface area (Å²) in [6, 6.07) is 0. The molecule has 0 aromatic heterocycles. The number of hydrogen-bond donors (Lipinski definition) is 0. The predicted molar refractivity (Wildman–Crippen MR) is 50.2 cm³/mol.